The van der Waals surface area contributed by atoms with Gasteiger partial charge in [0.1, 0.15) is 0 Å². The van der Waals surface area contributed by atoms with Crippen molar-refractivity contribution in [3.05, 3.63) is 21.4 Å². The van der Waals surface area contributed by atoms with Gasteiger partial charge in [-0.25, -0.2) is 0 Å². The summed E-state index contributed by atoms with van der Waals surface area (Å²) < 4.78 is 5.24. The van der Waals surface area contributed by atoms with E-state index < -0.39 is 0 Å². The smallest absolute Gasteiger partial charge is 0.0491 e. The van der Waals surface area contributed by atoms with E-state index in [1.54, 1.807) is 7.11 Å². The maximum absolute atomic E-state index is 5.70. The normalized spacial score (nSPS) is 18.4. The molecule has 0 spiro atoms. The van der Waals surface area contributed by atoms with Gasteiger partial charge in [0.15, 0.2) is 0 Å². The summed E-state index contributed by atoms with van der Waals surface area (Å²) in [6, 6.07) is 2.28. The maximum Gasteiger partial charge on any atom is 0.0491 e. The van der Waals surface area contributed by atoms with Gasteiger partial charge in [0.2, 0.25) is 0 Å². The van der Waals surface area contributed by atoms with Crippen LogP contribution in [0.3, 0.4) is 0 Å². The molecule has 1 fully saturated rings. The van der Waals surface area contributed by atoms with Crippen molar-refractivity contribution in [1.29, 1.82) is 0 Å². The Kier molecular flexibility index (Phi) is 5.18. The number of hydrogen-bond donors (Lipinski definition) is 1. The fraction of sp³-hybridized carbons (Fsp3) is 0.714. The van der Waals surface area contributed by atoms with Crippen LogP contribution in [-0.2, 0) is 17.8 Å². The third-order valence-electron chi connectivity index (χ3n) is 3.78. The van der Waals surface area contributed by atoms with Crippen molar-refractivity contribution in [1.82, 2.24) is 4.90 Å². The van der Waals surface area contributed by atoms with E-state index in [1.807, 2.05) is 11.3 Å². The second kappa shape index (κ2) is 6.66. The lowest BCUT2D eigenvalue weighted by molar-refractivity contribution is 0.0968. The van der Waals surface area contributed by atoms with Gasteiger partial charge < -0.3 is 10.5 Å². The van der Waals surface area contributed by atoms with Crippen LogP contribution in [-0.4, -0.2) is 31.7 Å². The van der Waals surface area contributed by atoms with E-state index in [4.69, 9.17) is 10.5 Å². The molecule has 18 heavy (non-hydrogen) atoms. The predicted molar refractivity (Wildman–Crippen MR) is 76.8 cm³/mol. The van der Waals surface area contributed by atoms with E-state index in [9.17, 15) is 0 Å². The highest BCUT2D eigenvalue weighted by Gasteiger charge is 2.19. The Hall–Kier alpha value is -0.420. The number of rotatable bonds is 5. The Bertz CT molecular complexity index is 370. The van der Waals surface area contributed by atoms with Gasteiger partial charge >= 0.3 is 0 Å². The SMILES string of the molecule is COCC1CCN(Cc2cc(CN)sc2C)CC1. The summed E-state index contributed by atoms with van der Waals surface area (Å²) in [7, 11) is 1.80. The average molecular weight is 268 g/mol. The number of nitrogens with two attached hydrogens (primary N) is 1. The molecular weight excluding hydrogens is 244 g/mol. The lowest BCUT2D eigenvalue weighted by atomic mass is 9.97. The molecule has 1 aliphatic rings. The summed E-state index contributed by atoms with van der Waals surface area (Å²) >= 11 is 1.84. The zero-order valence-electron chi connectivity index (χ0n) is 11.4. The molecule has 2 heterocycles. The van der Waals surface area contributed by atoms with Gasteiger partial charge in [-0.15, -0.1) is 11.3 Å². The van der Waals surface area contributed by atoms with E-state index in [0.29, 0.717) is 6.54 Å². The molecule has 0 atom stereocenters. The molecule has 0 aliphatic carbocycles. The minimum Gasteiger partial charge on any atom is -0.384 e. The van der Waals surface area contributed by atoms with Gasteiger partial charge in [0.25, 0.3) is 0 Å². The highest BCUT2D eigenvalue weighted by Crippen LogP contribution is 2.25. The van der Waals surface area contributed by atoms with Crippen LogP contribution in [0.2, 0.25) is 0 Å². The zero-order chi connectivity index (χ0) is 13.0. The molecule has 102 valence electrons. The summed E-state index contributed by atoms with van der Waals surface area (Å²) in [4.78, 5) is 5.29. The largest absolute Gasteiger partial charge is 0.384 e. The second-order valence-electron chi connectivity index (χ2n) is 5.17. The van der Waals surface area contributed by atoms with Gasteiger partial charge in [-0.2, -0.15) is 0 Å². The average Bonchev–Trinajstić information content (AvgIpc) is 2.73. The summed E-state index contributed by atoms with van der Waals surface area (Å²) in [5.41, 5.74) is 7.16. The Morgan fingerprint density at radius 2 is 2.17 bits per heavy atom. The Balaban J connectivity index is 1.85. The molecule has 0 amide bonds. The van der Waals surface area contributed by atoms with Crippen molar-refractivity contribution in [2.75, 3.05) is 26.8 Å². The highest BCUT2D eigenvalue weighted by atomic mass is 32.1. The van der Waals surface area contributed by atoms with Crippen LogP contribution < -0.4 is 5.73 Å². The monoisotopic (exact) mass is 268 g/mol. The van der Waals surface area contributed by atoms with Crippen molar-refractivity contribution in [2.24, 2.45) is 11.7 Å². The Morgan fingerprint density at radius 1 is 1.44 bits per heavy atom. The van der Waals surface area contributed by atoms with Crippen LogP contribution in [0.4, 0.5) is 0 Å². The van der Waals surface area contributed by atoms with Crippen molar-refractivity contribution < 1.29 is 4.74 Å². The van der Waals surface area contributed by atoms with Gasteiger partial charge in [0, 0.05) is 36.6 Å². The van der Waals surface area contributed by atoms with Crippen LogP contribution >= 0.6 is 11.3 Å². The third-order valence-corrected chi connectivity index (χ3v) is 4.89. The first-order valence-electron chi connectivity index (χ1n) is 6.72. The number of nitrogens with zero attached hydrogens (tertiary/aromatic N) is 1. The number of likely N-dealkylation sites (tertiary alicyclic amines) is 1. The van der Waals surface area contributed by atoms with Crippen LogP contribution in [0, 0.1) is 12.8 Å². The number of methoxy groups -OCH3 is 1. The molecule has 0 unspecified atom stereocenters. The lowest BCUT2D eigenvalue weighted by Gasteiger charge is -2.31. The quantitative estimate of drug-likeness (QED) is 0.891. The molecule has 3 nitrogen and oxygen atoms in total. The Morgan fingerprint density at radius 3 is 2.72 bits per heavy atom. The molecule has 0 saturated carbocycles. The van der Waals surface area contributed by atoms with Gasteiger partial charge in [-0.1, -0.05) is 0 Å². The molecule has 1 aromatic rings. The first kappa shape index (κ1) is 14.0. The third kappa shape index (κ3) is 3.54. The summed E-state index contributed by atoms with van der Waals surface area (Å²) in [5, 5.41) is 0. The highest BCUT2D eigenvalue weighted by molar-refractivity contribution is 7.12. The molecular formula is C14H24N2OS. The summed E-state index contributed by atoms with van der Waals surface area (Å²) in [5.74, 6) is 0.759. The fourth-order valence-electron chi connectivity index (χ4n) is 2.63. The van der Waals surface area contributed by atoms with E-state index in [0.717, 1.165) is 19.1 Å². The van der Waals surface area contributed by atoms with Gasteiger partial charge in [0.05, 0.1) is 0 Å². The standard InChI is InChI=1S/C14H24N2OS/c1-11-13(7-14(8-15)18-11)9-16-5-3-12(4-6-16)10-17-2/h7,12H,3-6,8-10,15H2,1-2H3. The second-order valence-corrected chi connectivity index (χ2v) is 6.51. The molecule has 0 radical (unpaired) electrons. The molecule has 1 aliphatic heterocycles. The summed E-state index contributed by atoms with van der Waals surface area (Å²) in [6.45, 7) is 7.27. The number of piperidine rings is 1. The van der Waals surface area contributed by atoms with Crippen LogP contribution in [0.25, 0.3) is 0 Å². The molecule has 1 saturated heterocycles. The number of aryl methyl sites for hydroxylation is 1. The zero-order valence-corrected chi connectivity index (χ0v) is 12.3. The predicted octanol–water partition coefficient (Wildman–Crippen LogP) is 2.37. The molecule has 4 heteroatoms. The minimum atomic E-state index is 0.668. The molecule has 1 aromatic heterocycles. The number of thiophene rings is 1. The number of hydrogen-bond acceptors (Lipinski definition) is 4. The first-order valence-corrected chi connectivity index (χ1v) is 7.54. The summed E-state index contributed by atoms with van der Waals surface area (Å²) in [6.07, 6.45) is 2.53. The van der Waals surface area contributed by atoms with E-state index in [2.05, 4.69) is 17.9 Å². The van der Waals surface area contributed by atoms with Crippen molar-refractivity contribution >= 4 is 11.3 Å². The first-order chi connectivity index (χ1) is 8.72. The minimum absolute atomic E-state index is 0.668. The Labute approximate surface area is 114 Å². The molecule has 0 aromatic carbocycles. The van der Waals surface area contributed by atoms with E-state index in [-0.39, 0.29) is 0 Å². The van der Waals surface area contributed by atoms with Gasteiger partial charge in [-0.05, 0) is 50.4 Å². The van der Waals surface area contributed by atoms with Crippen molar-refractivity contribution in [3.8, 4) is 0 Å². The fourth-order valence-corrected chi connectivity index (χ4v) is 3.57. The van der Waals surface area contributed by atoms with Gasteiger partial charge in [-0.3, -0.25) is 4.90 Å². The van der Waals surface area contributed by atoms with Crippen LogP contribution in [0.1, 0.15) is 28.2 Å². The number of ether oxygens (including phenoxy) is 1. The molecule has 2 rings (SSSR count). The van der Waals surface area contributed by atoms with E-state index in [1.165, 1.54) is 41.2 Å². The van der Waals surface area contributed by atoms with Crippen molar-refractivity contribution in [2.45, 2.75) is 32.9 Å². The molecule has 0 bridgehead atoms. The molecule has 2 N–H and O–H groups in total. The lowest BCUT2D eigenvalue weighted by Crippen LogP contribution is -2.34. The van der Waals surface area contributed by atoms with Crippen LogP contribution in [0.5, 0.6) is 0 Å². The topological polar surface area (TPSA) is 38.5 Å². The van der Waals surface area contributed by atoms with Crippen molar-refractivity contribution in [3.63, 3.8) is 0 Å². The maximum atomic E-state index is 5.70. The van der Waals surface area contributed by atoms with E-state index >= 15 is 0 Å². The van der Waals surface area contributed by atoms with Crippen LogP contribution in [0.15, 0.2) is 6.07 Å².